The highest BCUT2D eigenvalue weighted by Crippen LogP contribution is 2.50. The van der Waals surface area contributed by atoms with Crippen LogP contribution in [0, 0.1) is 5.82 Å². The number of nitrogens with one attached hydrogen (secondary N) is 1. The van der Waals surface area contributed by atoms with Crippen LogP contribution in [-0.2, 0) is 16.2 Å². The summed E-state index contributed by atoms with van der Waals surface area (Å²) in [5.74, 6) is -1.26. The van der Waals surface area contributed by atoms with E-state index in [1.165, 1.54) is 29.3 Å². The van der Waals surface area contributed by atoms with Crippen LogP contribution in [0.5, 0.6) is 5.75 Å². The largest absolute Gasteiger partial charge is 0.488 e. The van der Waals surface area contributed by atoms with Crippen LogP contribution in [0.15, 0.2) is 127 Å². The van der Waals surface area contributed by atoms with Gasteiger partial charge in [-0.1, -0.05) is 91.0 Å². The van der Waals surface area contributed by atoms with Crippen molar-refractivity contribution < 1.29 is 23.5 Å². The molecule has 3 aliphatic rings. The molecule has 5 aromatic rings. The molecule has 7 nitrogen and oxygen atoms in total. The molecule has 50 heavy (non-hydrogen) atoms. The predicted molar refractivity (Wildman–Crippen MR) is 191 cm³/mol. The lowest BCUT2D eigenvalue weighted by atomic mass is 9.76. The molecule has 0 radical (unpaired) electrons. The van der Waals surface area contributed by atoms with Crippen molar-refractivity contribution in [3.8, 4) is 5.75 Å². The fraction of sp³-hybridized carbons (Fsp3) is 0.167. The van der Waals surface area contributed by atoms with E-state index < -0.39 is 17.8 Å². The average Bonchev–Trinajstić information content (AvgIpc) is 3.14. The van der Waals surface area contributed by atoms with Crippen molar-refractivity contribution in [3.05, 3.63) is 166 Å². The molecule has 0 spiro atoms. The van der Waals surface area contributed by atoms with E-state index in [1.54, 1.807) is 36.4 Å². The number of ether oxygens (including phenoxy) is 1. The average molecular weight is 664 g/mol. The van der Waals surface area contributed by atoms with E-state index in [9.17, 15) is 18.8 Å². The number of anilines is 2. The molecule has 0 saturated carbocycles. The molecule has 1 N–H and O–H groups in total. The first-order valence-electron chi connectivity index (χ1n) is 16.8. The van der Waals surface area contributed by atoms with E-state index in [-0.39, 0.29) is 29.8 Å². The van der Waals surface area contributed by atoms with Gasteiger partial charge in [0.1, 0.15) is 23.7 Å². The summed E-state index contributed by atoms with van der Waals surface area (Å²) in [6.45, 7) is 1.98. The maximum absolute atomic E-state index is 14.3. The van der Waals surface area contributed by atoms with Crippen LogP contribution in [-0.4, -0.2) is 30.9 Å². The lowest BCUT2D eigenvalue weighted by molar-refractivity contribution is -0.122. The summed E-state index contributed by atoms with van der Waals surface area (Å²) in [6.07, 6.45) is 3.25. The number of carbonyl (C=O) groups excluding carboxylic acids is 3. The highest BCUT2D eigenvalue weighted by atomic mass is 19.1. The predicted octanol–water partition coefficient (Wildman–Crippen LogP) is 7.95. The first-order valence-corrected chi connectivity index (χ1v) is 16.8. The van der Waals surface area contributed by atoms with Crippen LogP contribution in [0.2, 0.25) is 0 Å². The van der Waals surface area contributed by atoms with E-state index in [4.69, 9.17) is 4.74 Å². The summed E-state index contributed by atoms with van der Waals surface area (Å²) in [4.78, 5) is 44.7. The minimum atomic E-state index is -0.791. The van der Waals surface area contributed by atoms with Gasteiger partial charge < -0.3 is 9.64 Å². The number of carbonyl (C=O) groups is 3. The van der Waals surface area contributed by atoms with Crippen LogP contribution >= 0.6 is 0 Å². The van der Waals surface area contributed by atoms with Gasteiger partial charge >= 0.3 is 6.03 Å². The van der Waals surface area contributed by atoms with Gasteiger partial charge in [-0.15, -0.1) is 0 Å². The smallest absolute Gasteiger partial charge is 0.335 e. The third kappa shape index (κ3) is 5.83. The second kappa shape index (κ2) is 13.1. The van der Waals surface area contributed by atoms with E-state index in [1.807, 2.05) is 48.5 Å². The zero-order chi connectivity index (χ0) is 34.2. The van der Waals surface area contributed by atoms with Crippen molar-refractivity contribution in [1.82, 2.24) is 5.32 Å². The summed E-state index contributed by atoms with van der Waals surface area (Å²) < 4.78 is 19.4. The number of para-hydroxylation sites is 1. The molecule has 3 aliphatic heterocycles. The van der Waals surface area contributed by atoms with Gasteiger partial charge in [-0.2, -0.15) is 0 Å². The lowest BCUT2D eigenvalue weighted by Gasteiger charge is -2.44. The van der Waals surface area contributed by atoms with Gasteiger partial charge in [-0.3, -0.25) is 14.9 Å². The Hall–Kier alpha value is -6.02. The molecule has 0 aromatic heterocycles. The van der Waals surface area contributed by atoms with Crippen molar-refractivity contribution in [2.75, 3.05) is 22.9 Å². The first-order chi connectivity index (χ1) is 24.4. The van der Waals surface area contributed by atoms with Crippen molar-refractivity contribution in [2.45, 2.75) is 31.3 Å². The fourth-order valence-corrected chi connectivity index (χ4v) is 7.49. The number of barbiturate groups is 1. The van der Waals surface area contributed by atoms with Gasteiger partial charge in [-0.05, 0) is 77.1 Å². The zero-order valence-corrected chi connectivity index (χ0v) is 27.2. The van der Waals surface area contributed by atoms with Gasteiger partial charge in [0.05, 0.1) is 5.69 Å². The number of halogens is 1. The summed E-state index contributed by atoms with van der Waals surface area (Å²) in [5.41, 5.74) is 7.14. The SMILES string of the molecule is O=C1NC(=O)N(c2cc3c4c(c2)[C@H](c2ccccc2)CCN4CC[C@H]3c2ccccc2)C(=O)/C1=C/c1ccccc1OCc1ccc(F)cc1. The Morgan fingerprint density at radius 2 is 1.32 bits per heavy atom. The van der Waals surface area contributed by atoms with Crippen molar-refractivity contribution in [1.29, 1.82) is 0 Å². The number of urea groups is 1. The maximum atomic E-state index is 14.3. The van der Waals surface area contributed by atoms with Crippen LogP contribution < -0.4 is 19.9 Å². The molecule has 0 bridgehead atoms. The van der Waals surface area contributed by atoms with Gasteiger partial charge in [0, 0.05) is 36.2 Å². The summed E-state index contributed by atoms with van der Waals surface area (Å²) in [7, 11) is 0. The lowest BCUT2D eigenvalue weighted by Crippen LogP contribution is -2.54. The molecule has 1 fully saturated rings. The monoisotopic (exact) mass is 663 g/mol. The third-order valence-corrected chi connectivity index (χ3v) is 9.89. The number of rotatable bonds is 7. The summed E-state index contributed by atoms with van der Waals surface area (Å²) >= 11 is 0. The molecule has 248 valence electrons. The number of imide groups is 2. The third-order valence-electron chi connectivity index (χ3n) is 9.89. The fourth-order valence-electron chi connectivity index (χ4n) is 7.49. The number of hydrogen-bond acceptors (Lipinski definition) is 5. The Labute approximate surface area is 289 Å². The molecule has 3 heterocycles. The van der Waals surface area contributed by atoms with Crippen molar-refractivity contribution >= 4 is 35.3 Å². The highest BCUT2D eigenvalue weighted by molar-refractivity contribution is 6.39. The van der Waals surface area contributed by atoms with E-state index in [0.717, 1.165) is 53.2 Å². The van der Waals surface area contributed by atoms with Gasteiger partial charge in [0.15, 0.2) is 0 Å². The molecule has 0 aliphatic carbocycles. The molecule has 5 aromatic carbocycles. The van der Waals surface area contributed by atoms with Crippen LogP contribution in [0.1, 0.15) is 58.1 Å². The van der Waals surface area contributed by atoms with Crippen LogP contribution in [0.3, 0.4) is 0 Å². The molecule has 2 atom stereocenters. The van der Waals surface area contributed by atoms with E-state index in [0.29, 0.717) is 17.0 Å². The highest BCUT2D eigenvalue weighted by Gasteiger charge is 2.40. The quantitative estimate of drug-likeness (QED) is 0.141. The molecular formula is C42H34FN3O4. The van der Waals surface area contributed by atoms with Crippen LogP contribution in [0.25, 0.3) is 6.08 Å². The topological polar surface area (TPSA) is 79.0 Å². The number of benzene rings is 5. The minimum absolute atomic E-state index is 0.0698. The first kappa shape index (κ1) is 31.3. The van der Waals surface area contributed by atoms with E-state index >= 15 is 0 Å². The zero-order valence-electron chi connectivity index (χ0n) is 27.2. The van der Waals surface area contributed by atoms with E-state index in [2.05, 4.69) is 34.5 Å². The second-order valence-corrected chi connectivity index (χ2v) is 12.9. The van der Waals surface area contributed by atoms with Crippen LogP contribution in [0.4, 0.5) is 20.6 Å². The van der Waals surface area contributed by atoms with Crippen molar-refractivity contribution in [2.24, 2.45) is 0 Å². The molecule has 4 amide bonds. The Balaban J connectivity index is 1.20. The normalized spacial score (nSPS) is 19.3. The van der Waals surface area contributed by atoms with Gasteiger partial charge in [0.25, 0.3) is 11.8 Å². The molecular weight excluding hydrogens is 629 g/mol. The Morgan fingerprint density at radius 1 is 0.740 bits per heavy atom. The number of amides is 4. The second-order valence-electron chi connectivity index (χ2n) is 12.9. The summed E-state index contributed by atoms with van der Waals surface area (Å²) in [6, 6.07) is 36.8. The Morgan fingerprint density at radius 3 is 1.94 bits per heavy atom. The summed E-state index contributed by atoms with van der Waals surface area (Å²) in [5, 5.41) is 2.41. The van der Waals surface area contributed by atoms with Crippen molar-refractivity contribution in [3.63, 3.8) is 0 Å². The molecule has 0 unspecified atom stereocenters. The standard InChI is InChI=1S/C42H34FN3O4/c43-31-17-15-27(16-18-31)26-50-38-14-8-7-13-30(38)23-37-40(47)44-42(49)46(41(37)48)32-24-35-33(28-9-3-1-4-10-28)19-21-45-22-20-34(36(25-32)39(35)45)29-11-5-2-6-12-29/h1-18,23-25,33-34H,19-22,26H2,(H,44,47,49)/b37-23+/t33-,34-/m0/s1. The molecule has 8 heteroatoms. The molecule has 1 saturated heterocycles. The maximum Gasteiger partial charge on any atom is 0.335 e. The molecule has 8 rings (SSSR count). The Kier molecular flexibility index (Phi) is 8.20. The van der Waals surface area contributed by atoms with Gasteiger partial charge in [0.2, 0.25) is 0 Å². The number of hydrogen-bond donors (Lipinski definition) is 1. The minimum Gasteiger partial charge on any atom is -0.488 e. The Bertz CT molecular complexity index is 2060. The number of nitrogens with zero attached hydrogens (tertiary/aromatic N) is 2. The van der Waals surface area contributed by atoms with Gasteiger partial charge in [-0.25, -0.2) is 14.1 Å².